The Balaban J connectivity index is 1.58. The van der Waals surface area contributed by atoms with Gasteiger partial charge in [0.1, 0.15) is 5.84 Å². The molecule has 4 rings (SSSR count). The highest BCUT2D eigenvalue weighted by atomic mass is 35.5. The summed E-state index contributed by atoms with van der Waals surface area (Å²) in [5, 5.41) is 15.2. The maximum absolute atomic E-state index is 12.6. The third kappa shape index (κ3) is 3.59. The van der Waals surface area contributed by atoms with Crippen molar-refractivity contribution >= 4 is 46.5 Å². The van der Waals surface area contributed by atoms with Gasteiger partial charge < -0.3 is 14.8 Å². The van der Waals surface area contributed by atoms with E-state index < -0.39 is 0 Å². The van der Waals surface area contributed by atoms with E-state index >= 15 is 0 Å². The molecule has 6 nitrogen and oxygen atoms in total. The molecule has 2 N–H and O–H groups in total. The maximum atomic E-state index is 12.6. The Morgan fingerprint density at radius 3 is 2.52 bits per heavy atom. The Labute approximate surface area is 177 Å². The minimum atomic E-state index is -0.137. The summed E-state index contributed by atoms with van der Waals surface area (Å²) in [5.74, 6) is 1.33. The zero-order valence-electron chi connectivity index (χ0n) is 15.8. The molecule has 2 aromatic rings. The van der Waals surface area contributed by atoms with Crippen LogP contribution in [0.25, 0.3) is 5.70 Å². The van der Waals surface area contributed by atoms with Gasteiger partial charge >= 0.3 is 0 Å². The topological polar surface area (TPSA) is 74.7 Å². The standard InChI is InChI=1S/C21H18ClN3O3S/c1-27-17-8-3-12(9-18(17)28-2)16-11-29-21(24-16)15-10-19(26)25(20(15)23)14-6-4-13(22)5-7-14/h3-9,11,23-24H,10H2,1-2H3/b21-15-,23-20?. The number of methoxy groups -OCH3 is 2. The maximum Gasteiger partial charge on any atom is 0.237 e. The quantitative estimate of drug-likeness (QED) is 0.744. The molecule has 1 fully saturated rings. The van der Waals surface area contributed by atoms with E-state index in [4.69, 9.17) is 26.5 Å². The van der Waals surface area contributed by atoms with Gasteiger partial charge in [0.05, 0.1) is 37.1 Å². The van der Waals surface area contributed by atoms with Crippen molar-refractivity contribution in [2.24, 2.45) is 0 Å². The van der Waals surface area contributed by atoms with E-state index in [9.17, 15) is 4.79 Å². The van der Waals surface area contributed by atoms with Crippen LogP contribution in [0, 0.1) is 5.41 Å². The number of halogens is 1. The van der Waals surface area contributed by atoms with Crippen LogP contribution in [0.15, 0.2) is 58.5 Å². The number of amides is 1. The fraction of sp³-hybridized carbons (Fsp3) is 0.143. The second-order valence-electron chi connectivity index (χ2n) is 6.38. The highest BCUT2D eigenvalue weighted by Crippen LogP contribution is 2.39. The molecule has 0 spiro atoms. The summed E-state index contributed by atoms with van der Waals surface area (Å²) in [7, 11) is 3.19. The van der Waals surface area contributed by atoms with Crippen LogP contribution >= 0.6 is 23.4 Å². The third-order valence-electron chi connectivity index (χ3n) is 4.68. The second kappa shape index (κ2) is 7.85. The number of benzene rings is 2. The predicted molar refractivity (Wildman–Crippen MR) is 117 cm³/mol. The largest absolute Gasteiger partial charge is 0.493 e. The van der Waals surface area contributed by atoms with Crippen LogP contribution in [0.4, 0.5) is 5.69 Å². The van der Waals surface area contributed by atoms with E-state index in [1.807, 2.05) is 23.6 Å². The van der Waals surface area contributed by atoms with Crippen LogP contribution in [0.5, 0.6) is 11.5 Å². The number of amidine groups is 1. The van der Waals surface area contributed by atoms with Gasteiger partial charge in [-0.1, -0.05) is 23.4 Å². The van der Waals surface area contributed by atoms with Gasteiger partial charge in [-0.15, -0.1) is 0 Å². The molecule has 0 aromatic heterocycles. The van der Waals surface area contributed by atoms with Crippen molar-refractivity contribution in [1.82, 2.24) is 5.32 Å². The molecule has 0 radical (unpaired) electrons. The van der Waals surface area contributed by atoms with Crippen molar-refractivity contribution < 1.29 is 14.3 Å². The van der Waals surface area contributed by atoms with Crippen LogP contribution in [0.1, 0.15) is 12.0 Å². The Bertz CT molecular complexity index is 1060. The molecule has 0 atom stereocenters. The molecule has 2 aliphatic heterocycles. The second-order valence-corrected chi connectivity index (χ2v) is 7.70. The molecule has 29 heavy (non-hydrogen) atoms. The van der Waals surface area contributed by atoms with Crippen molar-refractivity contribution in [3.8, 4) is 11.5 Å². The van der Waals surface area contributed by atoms with Gasteiger partial charge in [0.25, 0.3) is 0 Å². The van der Waals surface area contributed by atoms with Crippen LogP contribution in [-0.4, -0.2) is 26.0 Å². The molecule has 0 unspecified atom stereocenters. The molecule has 0 saturated carbocycles. The van der Waals surface area contributed by atoms with E-state index in [1.54, 1.807) is 38.5 Å². The molecule has 1 saturated heterocycles. The van der Waals surface area contributed by atoms with Gasteiger partial charge in [0.15, 0.2) is 11.5 Å². The Morgan fingerprint density at radius 1 is 1.10 bits per heavy atom. The number of ether oxygens (including phenoxy) is 2. The first-order valence-corrected chi connectivity index (χ1v) is 10.0. The summed E-state index contributed by atoms with van der Waals surface area (Å²) in [4.78, 5) is 14.0. The van der Waals surface area contributed by atoms with Crippen molar-refractivity contribution in [2.75, 3.05) is 19.1 Å². The third-order valence-corrected chi connectivity index (χ3v) is 5.87. The average Bonchev–Trinajstić information content (AvgIpc) is 3.33. The Morgan fingerprint density at radius 2 is 1.83 bits per heavy atom. The number of nitrogens with one attached hydrogen (secondary N) is 2. The lowest BCUT2D eigenvalue weighted by molar-refractivity contribution is -0.116. The summed E-state index contributed by atoms with van der Waals surface area (Å²) >= 11 is 7.40. The SMILES string of the molecule is COc1ccc(C2=CS/C(=C3/CC(=O)N(c4ccc(Cl)cc4)C3=N)N2)cc1OC. The smallest absolute Gasteiger partial charge is 0.237 e. The van der Waals surface area contributed by atoms with Crippen molar-refractivity contribution in [2.45, 2.75) is 6.42 Å². The number of nitrogens with zero attached hydrogens (tertiary/aromatic N) is 1. The van der Waals surface area contributed by atoms with Crippen LogP contribution in [0.2, 0.25) is 5.02 Å². The van der Waals surface area contributed by atoms with Gasteiger partial charge in [-0.2, -0.15) is 0 Å². The molecule has 2 heterocycles. The van der Waals surface area contributed by atoms with Gasteiger partial charge in [-0.25, -0.2) is 0 Å². The molecule has 0 bridgehead atoms. The van der Waals surface area contributed by atoms with Gasteiger partial charge in [-0.3, -0.25) is 15.1 Å². The number of carbonyl (C=O) groups excluding carboxylic acids is 1. The van der Waals surface area contributed by atoms with E-state index in [2.05, 4.69) is 5.32 Å². The number of hydrogen-bond acceptors (Lipinski definition) is 6. The fourth-order valence-electron chi connectivity index (χ4n) is 3.21. The molecule has 2 aromatic carbocycles. The van der Waals surface area contributed by atoms with E-state index in [-0.39, 0.29) is 18.2 Å². The van der Waals surface area contributed by atoms with Crippen LogP contribution in [0.3, 0.4) is 0 Å². The minimum Gasteiger partial charge on any atom is -0.493 e. The zero-order chi connectivity index (χ0) is 20.5. The molecular formula is C21H18ClN3O3S. The number of anilines is 1. The Kier molecular flexibility index (Phi) is 5.25. The number of carbonyl (C=O) groups is 1. The zero-order valence-corrected chi connectivity index (χ0v) is 17.4. The minimum absolute atomic E-state index is 0.137. The summed E-state index contributed by atoms with van der Waals surface area (Å²) in [5.41, 5.74) is 3.11. The molecule has 8 heteroatoms. The monoisotopic (exact) mass is 427 g/mol. The lowest BCUT2D eigenvalue weighted by atomic mass is 10.1. The molecule has 148 valence electrons. The molecule has 2 aliphatic rings. The predicted octanol–water partition coefficient (Wildman–Crippen LogP) is 4.62. The first kappa shape index (κ1) is 19.4. The number of hydrogen-bond donors (Lipinski definition) is 2. The average molecular weight is 428 g/mol. The van der Waals surface area contributed by atoms with Crippen LogP contribution in [-0.2, 0) is 4.79 Å². The summed E-state index contributed by atoms with van der Waals surface area (Å²) < 4.78 is 10.7. The highest BCUT2D eigenvalue weighted by molar-refractivity contribution is 8.06. The van der Waals surface area contributed by atoms with E-state index in [0.29, 0.717) is 27.8 Å². The van der Waals surface area contributed by atoms with Crippen molar-refractivity contribution in [3.05, 3.63) is 69.1 Å². The fourth-order valence-corrected chi connectivity index (χ4v) is 4.25. The highest BCUT2D eigenvalue weighted by Gasteiger charge is 2.35. The van der Waals surface area contributed by atoms with E-state index in [1.165, 1.54) is 16.7 Å². The number of rotatable bonds is 4. The summed E-state index contributed by atoms with van der Waals surface area (Å²) in [6.07, 6.45) is 0.170. The van der Waals surface area contributed by atoms with Crippen molar-refractivity contribution in [1.29, 1.82) is 5.41 Å². The summed E-state index contributed by atoms with van der Waals surface area (Å²) in [6.45, 7) is 0. The summed E-state index contributed by atoms with van der Waals surface area (Å²) in [6, 6.07) is 12.6. The molecule has 0 aliphatic carbocycles. The number of thioether (sulfide) groups is 1. The van der Waals surface area contributed by atoms with Gasteiger partial charge in [-0.05, 0) is 42.5 Å². The van der Waals surface area contributed by atoms with Crippen LogP contribution < -0.4 is 19.7 Å². The first-order chi connectivity index (χ1) is 14.0. The van der Waals surface area contributed by atoms with E-state index in [0.717, 1.165) is 16.3 Å². The lowest BCUT2D eigenvalue weighted by Crippen LogP contribution is -2.28. The Hall–Kier alpha value is -2.90. The van der Waals surface area contributed by atoms with Gasteiger partial charge in [0.2, 0.25) is 5.91 Å². The normalized spacial score (nSPS) is 18.7. The molecular weight excluding hydrogens is 410 g/mol. The lowest BCUT2D eigenvalue weighted by Gasteiger charge is -2.16. The van der Waals surface area contributed by atoms with Gasteiger partial charge in [0, 0.05) is 21.6 Å². The molecule has 1 amide bonds. The first-order valence-electron chi connectivity index (χ1n) is 8.78. The van der Waals surface area contributed by atoms with Crippen molar-refractivity contribution in [3.63, 3.8) is 0 Å².